The summed E-state index contributed by atoms with van der Waals surface area (Å²) in [5.41, 5.74) is 10.5. The smallest absolute Gasteiger partial charge is 0.150 e. The average Bonchev–Trinajstić information content (AvgIpc) is 2.72. The van der Waals surface area contributed by atoms with E-state index in [2.05, 4.69) is 44.3 Å². The summed E-state index contributed by atoms with van der Waals surface area (Å²) in [5.74, 6) is 0.456. The molecule has 0 unspecified atom stereocenters. The van der Waals surface area contributed by atoms with E-state index in [9.17, 15) is 4.39 Å². The number of hydrogen-bond donors (Lipinski definition) is 2. The van der Waals surface area contributed by atoms with Gasteiger partial charge < -0.3 is 25.4 Å². The Morgan fingerprint density at radius 2 is 2.00 bits per heavy atom. The molecule has 2 aromatic rings. The van der Waals surface area contributed by atoms with Gasteiger partial charge in [-0.3, -0.25) is 0 Å². The first kappa shape index (κ1) is 19.2. The molecule has 2 aliphatic heterocycles. The molecule has 5 nitrogen and oxygen atoms in total. The minimum Gasteiger partial charge on any atom is -0.489 e. The molecule has 148 valence electrons. The number of nitrogens with one attached hydrogen (secondary N) is 1. The second-order valence-electron chi connectivity index (χ2n) is 6.76. The summed E-state index contributed by atoms with van der Waals surface area (Å²) in [4.78, 5) is 2.31. The van der Waals surface area contributed by atoms with Crippen LogP contribution in [0.5, 0.6) is 0 Å². The molecule has 3 N–H and O–H groups in total. The van der Waals surface area contributed by atoms with Gasteiger partial charge in [0.25, 0.3) is 0 Å². The van der Waals surface area contributed by atoms with Crippen molar-refractivity contribution in [2.75, 3.05) is 44.4 Å². The van der Waals surface area contributed by atoms with Gasteiger partial charge in [0.2, 0.25) is 0 Å². The standard InChI is InChI=1S/C21H23BrFN3O2/c22-18-12-14(1-4-19(18)26-6-9-27-10-7-26)20-21(28-8-5-24)17-3-2-16(23)11-15(17)13-25-20/h1-4,11-12,25H,5-10,13,24H2. The van der Waals surface area contributed by atoms with Gasteiger partial charge in [0.05, 0.1) is 24.6 Å². The van der Waals surface area contributed by atoms with Crippen molar-refractivity contribution in [2.24, 2.45) is 5.73 Å². The minimum atomic E-state index is -0.250. The van der Waals surface area contributed by atoms with Crippen LogP contribution in [0.1, 0.15) is 16.7 Å². The number of hydrogen-bond acceptors (Lipinski definition) is 5. The number of benzene rings is 2. The highest BCUT2D eigenvalue weighted by Gasteiger charge is 2.23. The molecule has 0 amide bonds. The van der Waals surface area contributed by atoms with Crippen LogP contribution in [0.4, 0.5) is 10.1 Å². The van der Waals surface area contributed by atoms with Crippen LogP contribution in [-0.4, -0.2) is 39.5 Å². The van der Waals surface area contributed by atoms with Crippen LogP contribution in [0.25, 0.3) is 11.5 Å². The first-order valence-electron chi connectivity index (χ1n) is 9.40. The predicted octanol–water partition coefficient (Wildman–Crippen LogP) is 3.33. The molecule has 2 aliphatic rings. The number of rotatable bonds is 5. The van der Waals surface area contributed by atoms with Gasteiger partial charge in [-0.2, -0.15) is 0 Å². The third-order valence-electron chi connectivity index (χ3n) is 4.95. The molecule has 0 aromatic heterocycles. The lowest BCUT2D eigenvalue weighted by Gasteiger charge is -2.30. The topological polar surface area (TPSA) is 59.8 Å². The summed E-state index contributed by atoms with van der Waals surface area (Å²) >= 11 is 3.72. The molecular formula is C21H23BrFN3O2. The van der Waals surface area contributed by atoms with Crippen molar-refractivity contribution in [3.63, 3.8) is 0 Å². The molecule has 0 radical (unpaired) electrons. The van der Waals surface area contributed by atoms with Crippen LogP contribution < -0.4 is 16.0 Å². The maximum atomic E-state index is 13.6. The van der Waals surface area contributed by atoms with Gasteiger partial charge in [-0.1, -0.05) is 6.07 Å². The fourth-order valence-corrected chi connectivity index (χ4v) is 4.23. The number of nitrogens with zero attached hydrogens (tertiary/aromatic N) is 1. The first-order valence-corrected chi connectivity index (χ1v) is 10.2. The Morgan fingerprint density at radius 1 is 1.18 bits per heavy atom. The Morgan fingerprint density at radius 3 is 2.75 bits per heavy atom. The first-order chi connectivity index (χ1) is 13.7. The normalized spacial score (nSPS) is 16.6. The fraction of sp³-hybridized carbons (Fsp3) is 0.333. The van der Waals surface area contributed by atoms with Gasteiger partial charge >= 0.3 is 0 Å². The van der Waals surface area contributed by atoms with E-state index in [4.69, 9.17) is 15.2 Å². The summed E-state index contributed by atoms with van der Waals surface area (Å²) in [6, 6.07) is 11.1. The Bertz CT molecular complexity index is 897. The van der Waals surface area contributed by atoms with E-state index < -0.39 is 0 Å². The Kier molecular flexibility index (Phi) is 5.85. The van der Waals surface area contributed by atoms with Crippen LogP contribution in [0, 0.1) is 5.82 Å². The van der Waals surface area contributed by atoms with Crippen LogP contribution >= 0.6 is 15.9 Å². The molecule has 1 saturated heterocycles. The van der Waals surface area contributed by atoms with Crippen molar-refractivity contribution in [1.82, 2.24) is 5.32 Å². The average molecular weight is 448 g/mol. The van der Waals surface area contributed by atoms with E-state index in [1.54, 1.807) is 12.1 Å². The highest BCUT2D eigenvalue weighted by molar-refractivity contribution is 9.10. The molecule has 0 spiro atoms. The van der Waals surface area contributed by atoms with Crippen LogP contribution in [0.3, 0.4) is 0 Å². The third kappa shape index (κ3) is 3.87. The van der Waals surface area contributed by atoms with Crippen molar-refractivity contribution in [3.05, 3.63) is 63.4 Å². The molecule has 2 heterocycles. The number of halogens is 2. The lowest BCUT2D eigenvalue weighted by Crippen LogP contribution is -2.36. The van der Waals surface area contributed by atoms with Crippen molar-refractivity contribution in [3.8, 4) is 0 Å². The van der Waals surface area contributed by atoms with Gasteiger partial charge in [0, 0.05) is 41.8 Å². The monoisotopic (exact) mass is 447 g/mol. The molecule has 4 rings (SSSR count). The van der Waals surface area contributed by atoms with E-state index in [-0.39, 0.29) is 5.82 Å². The van der Waals surface area contributed by atoms with Gasteiger partial charge in [-0.15, -0.1) is 0 Å². The molecule has 0 aliphatic carbocycles. The maximum absolute atomic E-state index is 13.6. The summed E-state index contributed by atoms with van der Waals surface area (Å²) in [5, 5.41) is 3.40. The predicted molar refractivity (Wildman–Crippen MR) is 112 cm³/mol. The SMILES string of the molecule is NCCOC1=C(c2ccc(N3CCOCC3)c(Br)c2)NCc2cc(F)ccc21. The second-order valence-corrected chi connectivity index (χ2v) is 7.62. The molecule has 7 heteroatoms. The van der Waals surface area contributed by atoms with Crippen molar-refractivity contribution in [1.29, 1.82) is 0 Å². The maximum Gasteiger partial charge on any atom is 0.150 e. The van der Waals surface area contributed by atoms with E-state index >= 15 is 0 Å². The number of anilines is 1. The lowest BCUT2D eigenvalue weighted by molar-refractivity contribution is 0.122. The number of fused-ring (bicyclic) bond motifs is 1. The third-order valence-corrected chi connectivity index (χ3v) is 5.58. The highest BCUT2D eigenvalue weighted by atomic mass is 79.9. The number of ether oxygens (including phenoxy) is 2. The highest BCUT2D eigenvalue weighted by Crippen LogP contribution is 2.36. The van der Waals surface area contributed by atoms with E-state index in [1.165, 1.54) is 6.07 Å². The quantitative estimate of drug-likeness (QED) is 0.735. The lowest BCUT2D eigenvalue weighted by atomic mass is 9.97. The Labute approximate surface area is 172 Å². The molecule has 0 saturated carbocycles. The Balaban J connectivity index is 1.72. The van der Waals surface area contributed by atoms with Crippen LogP contribution in [0.15, 0.2) is 40.9 Å². The van der Waals surface area contributed by atoms with Gasteiger partial charge in [-0.25, -0.2) is 4.39 Å². The molecule has 1 fully saturated rings. The van der Waals surface area contributed by atoms with E-state index in [1.807, 2.05) is 0 Å². The largest absolute Gasteiger partial charge is 0.489 e. The zero-order valence-corrected chi connectivity index (χ0v) is 17.1. The van der Waals surface area contributed by atoms with Gasteiger partial charge in [0.15, 0.2) is 5.76 Å². The molecule has 0 bridgehead atoms. The van der Waals surface area contributed by atoms with E-state index in [0.29, 0.717) is 25.5 Å². The molecule has 2 aromatic carbocycles. The minimum absolute atomic E-state index is 0.250. The van der Waals surface area contributed by atoms with Crippen molar-refractivity contribution < 1.29 is 13.9 Å². The van der Waals surface area contributed by atoms with Crippen LogP contribution in [0.2, 0.25) is 0 Å². The summed E-state index contributed by atoms with van der Waals surface area (Å²) in [7, 11) is 0. The van der Waals surface area contributed by atoms with Crippen molar-refractivity contribution in [2.45, 2.75) is 6.54 Å². The summed E-state index contributed by atoms with van der Waals surface area (Å²) < 4.78 is 26.1. The molecule has 28 heavy (non-hydrogen) atoms. The molecule has 0 atom stereocenters. The van der Waals surface area contributed by atoms with Crippen molar-refractivity contribution >= 4 is 33.1 Å². The molecular weight excluding hydrogens is 425 g/mol. The van der Waals surface area contributed by atoms with Gasteiger partial charge in [-0.05, 0) is 51.8 Å². The van der Waals surface area contributed by atoms with Gasteiger partial charge in [0.1, 0.15) is 12.4 Å². The zero-order chi connectivity index (χ0) is 19.5. The zero-order valence-electron chi connectivity index (χ0n) is 15.5. The summed E-state index contributed by atoms with van der Waals surface area (Å²) in [6.07, 6.45) is 0. The summed E-state index contributed by atoms with van der Waals surface area (Å²) in [6.45, 7) is 4.58. The fourth-order valence-electron chi connectivity index (χ4n) is 3.60. The number of nitrogens with two attached hydrogens (primary N) is 1. The van der Waals surface area contributed by atoms with Crippen LogP contribution in [-0.2, 0) is 16.0 Å². The number of morpholine rings is 1. The Hall–Kier alpha value is -2.09. The van der Waals surface area contributed by atoms with E-state index in [0.717, 1.165) is 58.9 Å². The second kappa shape index (κ2) is 8.51.